The van der Waals surface area contributed by atoms with Crippen molar-refractivity contribution in [1.29, 1.82) is 0 Å². The van der Waals surface area contributed by atoms with Gasteiger partial charge in [0.1, 0.15) is 16.6 Å². The van der Waals surface area contributed by atoms with Gasteiger partial charge in [0.2, 0.25) is 0 Å². The lowest BCUT2D eigenvalue weighted by atomic mass is 10.1. The van der Waals surface area contributed by atoms with Gasteiger partial charge in [-0.15, -0.1) is 0 Å². The number of hydrogen-bond acceptors (Lipinski definition) is 3. The standard InChI is InChI=1S/C12H14N4S/c1-7-4-5-10(12(13)17)11(6-7)16-9(3)14-8(2)15-16/h4-6H,1-3H3,(H2,13,17). The summed E-state index contributed by atoms with van der Waals surface area (Å²) in [6.07, 6.45) is 0. The smallest absolute Gasteiger partial charge is 0.148 e. The van der Waals surface area contributed by atoms with Crippen LogP contribution in [0.3, 0.4) is 0 Å². The van der Waals surface area contributed by atoms with Crippen molar-refractivity contribution in [3.05, 3.63) is 41.0 Å². The molecule has 0 unspecified atom stereocenters. The quantitative estimate of drug-likeness (QED) is 0.821. The molecular formula is C12H14N4S. The highest BCUT2D eigenvalue weighted by atomic mass is 32.1. The van der Waals surface area contributed by atoms with Crippen LogP contribution in [0.2, 0.25) is 0 Å². The van der Waals surface area contributed by atoms with Crippen LogP contribution in [-0.2, 0) is 0 Å². The average Bonchev–Trinajstić information content (AvgIpc) is 2.57. The molecule has 0 radical (unpaired) electrons. The van der Waals surface area contributed by atoms with Crippen LogP contribution in [-0.4, -0.2) is 19.8 Å². The van der Waals surface area contributed by atoms with Crippen LogP contribution >= 0.6 is 12.2 Å². The van der Waals surface area contributed by atoms with Crippen molar-refractivity contribution in [3.63, 3.8) is 0 Å². The van der Waals surface area contributed by atoms with Gasteiger partial charge in [-0.05, 0) is 38.5 Å². The van der Waals surface area contributed by atoms with E-state index in [0.29, 0.717) is 4.99 Å². The predicted molar refractivity (Wildman–Crippen MR) is 71.5 cm³/mol. The zero-order chi connectivity index (χ0) is 12.6. The lowest BCUT2D eigenvalue weighted by Gasteiger charge is -2.10. The summed E-state index contributed by atoms with van der Waals surface area (Å²) < 4.78 is 1.77. The maximum Gasteiger partial charge on any atom is 0.148 e. The average molecular weight is 246 g/mol. The summed E-state index contributed by atoms with van der Waals surface area (Å²) in [7, 11) is 0. The Balaban J connectivity index is 2.69. The molecular weight excluding hydrogens is 232 g/mol. The van der Waals surface area contributed by atoms with Gasteiger partial charge >= 0.3 is 0 Å². The molecule has 0 aliphatic heterocycles. The van der Waals surface area contributed by atoms with Crippen molar-refractivity contribution in [2.45, 2.75) is 20.8 Å². The molecule has 0 aliphatic rings. The van der Waals surface area contributed by atoms with E-state index in [4.69, 9.17) is 18.0 Å². The molecule has 0 bridgehead atoms. The van der Waals surface area contributed by atoms with E-state index in [1.807, 2.05) is 39.0 Å². The van der Waals surface area contributed by atoms with Gasteiger partial charge in [-0.2, -0.15) is 5.10 Å². The molecule has 2 rings (SSSR count). The van der Waals surface area contributed by atoms with Crippen LogP contribution < -0.4 is 5.73 Å². The minimum absolute atomic E-state index is 0.368. The highest BCUT2D eigenvalue weighted by Crippen LogP contribution is 2.17. The first kappa shape index (κ1) is 11.7. The third-order valence-electron chi connectivity index (χ3n) is 2.52. The van der Waals surface area contributed by atoms with E-state index in [1.54, 1.807) is 4.68 Å². The number of aryl methyl sites for hydroxylation is 3. The second kappa shape index (κ2) is 4.25. The van der Waals surface area contributed by atoms with Crippen LogP contribution in [0.25, 0.3) is 5.69 Å². The molecule has 0 spiro atoms. The number of benzene rings is 1. The Kier molecular flexibility index (Phi) is 2.93. The van der Waals surface area contributed by atoms with Crippen LogP contribution in [0.4, 0.5) is 0 Å². The molecule has 4 nitrogen and oxygen atoms in total. The van der Waals surface area contributed by atoms with Crippen molar-refractivity contribution in [1.82, 2.24) is 14.8 Å². The molecule has 0 fully saturated rings. The second-order valence-electron chi connectivity index (χ2n) is 4.00. The summed E-state index contributed by atoms with van der Waals surface area (Å²) in [6.45, 7) is 5.79. The Hall–Kier alpha value is -1.75. The molecule has 88 valence electrons. The largest absolute Gasteiger partial charge is 0.389 e. The van der Waals surface area contributed by atoms with Crippen molar-refractivity contribution in [2.75, 3.05) is 0 Å². The third kappa shape index (κ3) is 2.19. The first-order chi connectivity index (χ1) is 7.99. The Labute approximate surface area is 105 Å². The van der Waals surface area contributed by atoms with Gasteiger partial charge in [0.05, 0.1) is 5.69 Å². The summed E-state index contributed by atoms with van der Waals surface area (Å²) in [5.41, 5.74) is 8.56. The second-order valence-corrected chi connectivity index (χ2v) is 4.44. The summed E-state index contributed by atoms with van der Waals surface area (Å²) in [5.74, 6) is 1.56. The molecule has 0 saturated heterocycles. The van der Waals surface area contributed by atoms with Gasteiger partial charge in [0.15, 0.2) is 0 Å². The fraction of sp³-hybridized carbons (Fsp3) is 0.250. The summed E-state index contributed by atoms with van der Waals surface area (Å²) in [6, 6.07) is 5.91. The zero-order valence-corrected chi connectivity index (χ0v) is 10.9. The lowest BCUT2D eigenvalue weighted by molar-refractivity contribution is 0.828. The van der Waals surface area contributed by atoms with E-state index in [2.05, 4.69) is 10.1 Å². The molecule has 1 aromatic heterocycles. The van der Waals surface area contributed by atoms with Gasteiger partial charge in [-0.3, -0.25) is 0 Å². The van der Waals surface area contributed by atoms with E-state index in [9.17, 15) is 0 Å². The molecule has 2 N–H and O–H groups in total. The van der Waals surface area contributed by atoms with E-state index >= 15 is 0 Å². The van der Waals surface area contributed by atoms with Crippen LogP contribution in [0.1, 0.15) is 22.8 Å². The fourth-order valence-electron chi connectivity index (χ4n) is 1.77. The number of hydrogen-bond donors (Lipinski definition) is 1. The minimum atomic E-state index is 0.368. The Morgan fingerprint density at radius 1 is 1.29 bits per heavy atom. The molecule has 2 aromatic rings. The lowest BCUT2D eigenvalue weighted by Crippen LogP contribution is -2.14. The van der Waals surface area contributed by atoms with Crippen LogP contribution in [0, 0.1) is 20.8 Å². The highest BCUT2D eigenvalue weighted by molar-refractivity contribution is 7.80. The minimum Gasteiger partial charge on any atom is -0.389 e. The van der Waals surface area contributed by atoms with Crippen LogP contribution in [0.15, 0.2) is 18.2 Å². The number of thiocarbonyl (C=S) groups is 1. The monoisotopic (exact) mass is 246 g/mol. The Morgan fingerprint density at radius 3 is 2.53 bits per heavy atom. The number of aromatic nitrogens is 3. The summed E-state index contributed by atoms with van der Waals surface area (Å²) in [5, 5.41) is 4.36. The number of nitrogens with two attached hydrogens (primary N) is 1. The number of rotatable bonds is 2. The molecule has 1 heterocycles. The van der Waals surface area contributed by atoms with Gasteiger partial charge in [0.25, 0.3) is 0 Å². The Morgan fingerprint density at radius 2 is 2.00 bits per heavy atom. The van der Waals surface area contributed by atoms with Crippen molar-refractivity contribution < 1.29 is 0 Å². The van der Waals surface area contributed by atoms with E-state index in [1.165, 1.54) is 0 Å². The summed E-state index contributed by atoms with van der Waals surface area (Å²) >= 11 is 5.06. The molecule has 17 heavy (non-hydrogen) atoms. The first-order valence-electron chi connectivity index (χ1n) is 5.30. The van der Waals surface area contributed by atoms with E-state index in [0.717, 1.165) is 28.5 Å². The molecule has 0 saturated carbocycles. The first-order valence-corrected chi connectivity index (χ1v) is 5.71. The maximum absolute atomic E-state index is 5.73. The van der Waals surface area contributed by atoms with Crippen molar-refractivity contribution >= 4 is 17.2 Å². The van der Waals surface area contributed by atoms with Gasteiger partial charge in [0, 0.05) is 5.56 Å². The third-order valence-corrected chi connectivity index (χ3v) is 2.74. The molecule has 1 aromatic carbocycles. The molecule has 0 amide bonds. The molecule has 5 heteroatoms. The van der Waals surface area contributed by atoms with Gasteiger partial charge in [-0.1, -0.05) is 18.3 Å². The highest BCUT2D eigenvalue weighted by Gasteiger charge is 2.11. The number of nitrogens with zero attached hydrogens (tertiary/aromatic N) is 3. The van der Waals surface area contributed by atoms with Crippen LogP contribution in [0.5, 0.6) is 0 Å². The normalized spacial score (nSPS) is 10.5. The summed E-state index contributed by atoms with van der Waals surface area (Å²) in [4.78, 5) is 4.65. The van der Waals surface area contributed by atoms with Crippen molar-refractivity contribution in [3.8, 4) is 5.69 Å². The predicted octanol–water partition coefficient (Wildman–Crippen LogP) is 1.83. The van der Waals surface area contributed by atoms with Crippen molar-refractivity contribution in [2.24, 2.45) is 5.73 Å². The Bertz CT molecular complexity index is 586. The fourth-order valence-corrected chi connectivity index (χ4v) is 1.95. The van der Waals surface area contributed by atoms with Gasteiger partial charge in [-0.25, -0.2) is 9.67 Å². The molecule has 0 aliphatic carbocycles. The van der Waals surface area contributed by atoms with E-state index < -0.39 is 0 Å². The van der Waals surface area contributed by atoms with E-state index in [-0.39, 0.29) is 0 Å². The molecule has 0 atom stereocenters. The zero-order valence-electron chi connectivity index (χ0n) is 10.1. The SMILES string of the molecule is Cc1ccc(C(N)=S)c(-n2nc(C)nc2C)c1. The van der Waals surface area contributed by atoms with Gasteiger partial charge < -0.3 is 5.73 Å². The maximum atomic E-state index is 5.73. The topological polar surface area (TPSA) is 56.7 Å².